The largest absolute Gasteiger partial charge is 0.248 e. The summed E-state index contributed by atoms with van der Waals surface area (Å²) in [5.74, 6) is 0. The molecule has 1 aromatic carbocycles. The van der Waals surface area contributed by atoms with Gasteiger partial charge < -0.3 is 0 Å². The highest BCUT2D eigenvalue weighted by Crippen LogP contribution is 2.16. The van der Waals surface area contributed by atoms with Crippen molar-refractivity contribution < 1.29 is 9.13 Å². The van der Waals surface area contributed by atoms with E-state index < -0.39 is 0 Å². The molecule has 0 saturated heterocycles. The maximum atomic E-state index is 2.26. The molecule has 26 heavy (non-hydrogen) atoms. The summed E-state index contributed by atoms with van der Waals surface area (Å²) in [7, 11) is 0. The fourth-order valence-corrected chi connectivity index (χ4v) is 3.19. The fraction of sp³-hybridized carbons (Fsp3) is 0.455. The number of aromatic nitrogens is 4. The lowest BCUT2D eigenvalue weighted by atomic mass is 9.97. The van der Waals surface area contributed by atoms with Gasteiger partial charge >= 0.3 is 0 Å². The number of imidazole rings is 2. The first kappa shape index (κ1) is 18.4. The van der Waals surface area contributed by atoms with E-state index in [9.17, 15) is 0 Å². The summed E-state index contributed by atoms with van der Waals surface area (Å²) in [5.41, 5.74) is 2.88. The minimum Gasteiger partial charge on any atom is -0.236 e. The van der Waals surface area contributed by atoms with E-state index in [0.29, 0.717) is 0 Å². The molecule has 4 heteroatoms. The highest BCUT2D eigenvalue weighted by Gasteiger charge is 2.18. The zero-order valence-electron chi connectivity index (χ0n) is 17.0. The van der Waals surface area contributed by atoms with Gasteiger partial charge in [0, 0.05) is 6.07 Å². The molecule has 0 aliphatic rings. The van der Waals surface area contributed by atoms with Crippen LogP contribution in [0.5, 0.6) is 0 Å². The zero-order chi connectivity index (χ0) is 18.9. The summed E-state index contributed by atoms with van der Waals surface area (Å²) < 4.78 is 8.86. The molecule has 0 saturated carbocycles. The lowest BCUT2D eigenvalue weighted by molar-refractivity contribution is -0.707. The van der Waals surface area contributed by atoms with Gasteiger partial charge in [-0.1, -0.05) is 47.6 Å². The minimum atomic E-state index is 0.268. The van der Waals surface area contributed by atoms with Crippen LogP contribution in [0.15, 0.2) is 61.7 Å². The van der Waals surface area contributed by atoms with Crippen LogP contribution in [0.25, 0.3) is 11.4 Å². The molecule has 0 atom stereocenters. The summed E-state index contributed by atoms with van der Waals surface area (Å²) in [6, 6.07) is 8.64. The van der Waals surface area contributed by atoms with Gasteiger partial charge in [0.25, 0.3) is 0 Å². The van der Waals surface area contributed by atoms with Crippen molar-refractivity contribution in [3.8, 4) is 11.4 Å². The Hall–Kier alpha value is -2.36. The molecule has 4 nitrogen and oxygen atoms in total. The molecule has 0 spiro atoms. The van der Waals surface area contributed by atoms with Gasteiger partial charge in [-0.15, -0.1) is 0 Å². The van der Waals surface area contributed by atoms with Crippen molar-refractivity contribution in [2.75, 3.05) is 0 Å². The minimum absolute atomic E-state index is 0.268. The number of benzene rings is 1. The van der Waals surface area contributed by atoms with E-state index in [1.807, 2.05) is 0 Å². The predicted octanol–water partition coefficient (Wildman–Crippen LogP) is 3.94. The van der Waals surface area contributed by atoms with Crippen LogP contribution in [0.2, 0.25) is 0 Å². The Bertz CT molecular complexity index is 802. The highest BCUT2D eigenvalue weighted by molar-refractivity contribution is 5.43. The average molecular weight is 353 g/mol. The first-order chi connectivity index (χ1) is 12.1. The van der Waals surface area contributed by atoms with Gasteiger partial charge in [-0.25, -0.2) is 18.3 Å². The third-order valence-electron chi connectivity index (χ3n) is 4.12. The predicted molar refractivity (Wildman–Crippen MR) is 104 cm³/mol. The molecule has 0 N–H and O–H groups in total. The maximum Gasteiger partial charge on any atom is 0.248 e. The maximum absolute atomic E-state index is 2.26. The van der Waals surface area contributed by atoms with Gasteiger partial charge in [0.05, 0.1) is 13.1 Å². The van der Waals surface area contributed by atoms with Gasteiger partial charge in [0.2, 0.25) is 12.7 Å². The van der Waals surface area contributed by atoms with Crippen molar-refractivity contribution in [2.45, 2.75) is 54.6 Å². The number of hydrogen-bond donors (Lipinski definition) is 0. The Balaban J connectivity index is 1.83. The quantitative estimate of drug-likeness (QED) is 0.633. The van der Waals surface area contributed by atoms with Gasteiger partial charge in [0.15, 0.2) is 0 Å². The fourth-order valence-electron chi connectivity index (χ4n) is 3.19. The van der Waals surface area contributed by atoms with Crippen LogP contribution in [-0.2, 0) is 13.1 Å². The van der Waals surface area contributed by atoms with Crippen LogP contribution in [-0.4, -0.2) is 9.13 Å². The van der Waals surface area contributed by atoms with E-state index >= 15 is 0 Å². The first-order valence-corrected chi connectivity index (χ1v) is 9.34. The molecule has 138 valence electrons. The molecule has 0 fully saturated rings. The monoisotopic (exact) mass is 352 g/mol. The van der Waals surface area contributed by atoms with Gasteiger partial charge in [-0.05, 0) is 23.0 Å². The Labute approximate surface area is 157 Å². The van der Waals surface area contributed by atoms with Gasteiger partial charge in [0.1, 0.15) is 36.2 Å². The molecule has 2 aromatic heterocycles. The second-order valence-electron chi connectivity index (χ2n) is 9.63. The van der Waals surface area contributed by atoms with E-state index in [-0.39, 0.29) is 10.8 Å². The second-order valence-corrected chi connectivity index (χ2v) is 9.63. The Kier molecular flexibility index (Phi) is 4.78. The summed E-state index contributed by atoms with van der Waals surface area (Å²) in [4.78, 5) is 0. The van der Waals surface area contributed by atoms with Crippen LogP contribution in [0.3, 0.4) is 0 Å². The molecule has 0 bridgehead atoms. The molecule has 3 aromatic rings. The van der Waals surface area contributed by atoms with Crippen LogP contribution in [0.4, 0.5) is 0 Å². The first-order valence-electron chi connectivity index (χ1n) is 9.34. The van der Waals surface area contributed by atoms with Crippen molar-refractivity contribution in [1.29, 1.82) is 0 Å². The average Bonchev–Trinajstić information content (AvgIpc) is 3.14. The molecular weight excluding hydrogens is 320 g/mol. The van der Waals surface area contributed by atoms with Gasteiger partial charge in [-0.3, -0.25) is 0 Å². The Morgan fingerprint density at radius 2 is 1.15 bits per heavy atom. The Morgan fingerprint density at radius 1 is 0.731 bits per heavy atom. The summed E-state index contributed by atoms with van der Waals surface area (Å²) in [5, 5.41) is 0. The third kappa shape index (κ3) is 4.84. The normalized spacial score (nSPS) is 12.5. The lowest BCUT2D eigenvalue weighted by Gasteiger charge is -2.14. The standard InChI is InChI=1S/C22H32N4/c1-21(2,3)15-23-10-12-25(17-23)19-8-7-9-20(14-19)26-13-11-24(18-26)16-22(4,5)6/h7-14,17-18H,15-16H2,1-6H3/q+2. The van der Waals surface area contributed by atoms with E-state index in [1.165, 1.54) is 11.4 Å². The molecule has 3 rings (SSSR count). The molecule has 2 heterocycles. The lowest BCUT2D eigenvalue weighted by Crippen LogP contribution is -2.38. The van der Waals surface area contributed by atoms with Crippen molar-refractivity contribution in [3.05, 3.63) is 61.7 Å². The molecule has 0 unspecified atom stereocenters. The van der Waals surface area contributed by atoms with Crippen molar-refractivity contribution in [1.82, 2.24) is 9.13 Å². The summed E-state index contributed by atoms with van der Waals surface area (Å²) in [6.07, 6.45) is 12.9. The number of rotatable bonds is 4. The molecule has 0 radical (unpaired) electrons. The van der Waals surface area contributed by atoms with E-state index in [0.717, 1.165) is 13.1 Å². The van der Waals surface area contributed by atoms with E-state index in [2.05, 4.69) is 122 Å². The highest BCUT2D eigenvalue weighted by atomic mass is 15.1. The SMILES string of the molecule is CC(C)(C)C[n+]1ccn(-c2cccc(-n3cc[n+](CC(C)(C)C)c3)c2)c1. The summed E-state index contributed by atoms with van der Waals surface area (Å²) in [6.45, 7) is 15.6. The van der Waals surface area contributed by atoms with Gasteiger partial charge in [-0.2, -0.15) is 0 Å². The van der Waals surface area contributed by atoms with E-state index in [1.54, 1.807) is 0 Å². The zero-order valence-corrected chi connectivity index (χ0v) is 17.0. The second kappa shape index (κ2) is 6.75. The molecular formula is C22H32N4+2. The van der Waals surface area contributed by atoms with Crippen LogP contribution in [0, 0.1) is 10.8 Å². The molecule has 0 aliphatic heterocycles. The third-order valence-corrected chi connectivity index (χ3v) is 4.12. The number of nitrogens with zero attached hydrogens (tertiary/aromatic N) is 4. The smallest absolute Gasteiger partial charge is 0.236 e. The molecule has 0 aliphatic carbocycles. The van der Waals surface area contributed by atoms with E-state index in [4.69, 9.17) is 0 Å². The summed E-state index contributed by atoms with van der Waals surface area (Å²) >= 11 is 0. The van der Waals surface area contributed by atoms with Crippen LogP contribution in [0.1, 0.15) is 41.5 Å². The Morgan fingerprint density at radius 3 is 1.54 bits per heavy atom. The van der Waals surface area contributed by atoms with Crippen LogP contribution < -0.4 is 9.13 Å². The van der Waals surface area contributed by atoms with Crippen molar-refractivity contribution >= 4 is 0 Å². The van der Waals surface area contributed by atoms with Crippen molar-refractivity contribution in [3.63, 3.8) is 0 Å². The topological polar surface area (TPSA) is 17.6 Å². The van der Waals surface area contributed by atoms with Crippen LogP contribution >= 0.6 is 0 Å². The van der Waals surface area contributed by atoms with Crippen molar-refractivity contribution in [2.24, 2.45) is 10.8 Å². The number of hydrogen-bond acceptors (Lipinski definition) is 0. The molecule has 0 amide bonds.